The molecule has 0 bridgehead atoms. The number of amides is 3. The molecule has 3 aliphatic heterocycles. The van der Waals surface area contributed by atoms with Crippen molar-refractivity contribution in [3.05, 3.63) is 69.7 Å². The number of hydrogen-bond donors (Lipinski definition) is 1. The van der Waals surface area contributed by atoms with Gasteiger partial charge in [-0.2, -0.15) is 0 Å². The molecule has 1 N–H and O–H groups in total. The quantitative estimate of drug-likeness (QED) is 0.707. The molecule has 2 atom stereocenters. The number of halogens is 1. The fourth-order valence-corrected chi connectivity index (χ4v) is 5.31. The second-order valence-corrected chi connectivity index (χ2v) is 10.1. The molecule has 35 heavy (non-hydrogen) atoms. The summed E-state index contributed by atoms with van der Waals surface area (Å²) in [4.78, 5) is 38.3. The van der Waals surface area contributed by atoms with E-state index in [1.54, 1.807) is 7.05 Å². The maximum atomic E-state index is 12.9. The summed E-state index contributed by atoms with van der Waals surface area (Å²) in [6.07, 6.45) is -0.543. The minimum atomic E-state index is -0.570. The molecule has 8 nitrogen and oxygen atoms in total. The number of aryl methyl sites for hydroxylation is 2. The van der Waals surface area contributed by atoms with Crippen molar-refractivity contribution in [2.45, 2.75) is 39.1 Å². The first-order valence-corrected chi connectivity index (χ1v) is 12.4. The first-order chi connectivity index (χ1) is 16.8. The predicted molar refractivity (Wildman–Crippen MR) is 136 cm³/mol. The molecule has 2 saturated heterocycles. The average Bonchev–Trinajstić information content (AvgIpc) is 3.20. The number of urea groups is 1. The van der Waals surface area contributed by atoms with Gasteiger partial charge in [0.05, 0.1) is 0 Å². The maximum absolute atomic E-state index is 12.9. The van der Waals surface area contributed by atoms with E-state index in [9.17, 15) is 9.59 Å². The Morgan fingerprint density at radius 1 is 1.03 bits per heavy atom. The number of aliphatic imine (C=N–C) groups is 1. The first kappa shape index (κ1) is 23.6. The van der Waals surface area contributed by atoms with Crippen molar-refractivity contribution in [1.29, 1.82) is 0 Å². The maximum Gasteiger partial charge on any atom is 0.325 e. The Bertz CT molecular complexity index is 1180. The van der Waals surface area contributed by atoms with E-state index in [1.165, 1.54) is 21.6 Å². The first-order valence-electron chi connectivity index (χ1n) is 12.0. The van der Waals surface area contributed by atoms with Crippen LogP contribution in [0.5, 0.6) is 0 Å². The summed E-state index contributed by atoms with van der Waals surface area (Å²) < 4.78 is 0. The van der Waals surface area contributed by atoms with E-state index in [2.05, 4.69) is 47.2 Å². The van der Waals surface area contributed by atoms with E-state index in [0.717, 1.165) is 44.2 Å². The van der Waals surface area contributed by atoms with Crippen LogP contribution in [0.3, 0.4) is 0 Å². The van der Waals surface area contributed by atoms with Gasteiger partial charge in [-0.1, -0.05) is 47.5 Å². The van der Waals surface area contributed by atoms with Crippen LogP contribution in [0.2, 0.25) is 5.02 Å². The second-order valence-electron chi connectivity index (χ2n) is 9.64. The Morgan fingerprint density at radius 3 is 2.54 bits per heavy atom. The van der Waals surface area contributed by atoms with Crippen molar-refractivity contribution in [2.75, 3.05) is 33.2 Å². The number of guanidine groups is 1. The van der Waals surface area contributed by atoms with Crippen LogP contribution >= 0.6 is 11.6 Å². The zero-order chi connectivity index (χ0) is 24.7. The van der Waals surface area contributed by atoms with Crippen molar-refractivity contribution < 1.29 is 9.59 Å². The highest BCUT2D eigenvalue weighted by molar-refractivity contribution is 6.30. The molecule has 0 aromatic heterocycles. The number of fused-ring (bicyclic) bond motifs is 1. The van der Waals surface area contributed by atoms with Gasteiger partial charge < -0.3 is 14.7 Å². The Balaban J connectivity index is 1.35. The van der Waals surface area contributed by atoms with E-state index in [-0.39, 0.29) is 5.91 Å². The molecule has 184 valence electrons. The fraction of sp³-hybridized carbons (Fsp3) is 0.423. The molecule has 3 amide bonds. The van der Waals surface area contributed by atoms with Gasteiger partial charge in [0.25, 0.3) is 5.91 Å². The highest BCUT2D eigenvalue weighted by Crippen LogP contribution is 2.28. The third-order valence-corrected chi connectivity index (χ3v) is 7.37. The van der Waals surface area contributed by atoms with Gasteiger partial charge in [0.15, 0.2) is 18.2 Å². The predicted octanol–water partition coefficient (Wildman–Crippen LogP) is 2.82. The highest BCUT2D eigenvalue weighted by atomic mass is 35.5. The number of carbonyl (C=O) groups is 2. The number of imide groups is 1. The number of nitrogens with one attached hydrogen (secondary N) is 1. The van der Waals surface area contributed by atoms with Gasteiger partial charge in [-0.05, 0) is 42.7 Å². The summed E-state index contributed by atoms with van der Waals surface area (Å²) in [5.74, 6) is 0.454. The Morgan fingerprint density at radius 2 is 1.80 bits per heavy atom. The van der Waals surface area contributed by atoms with Crippen LogP contribution < -0.4 is 5.32 Å². The molecule has 0 aliphatic carbocycles. The molecule has 3 heterocycles. The molecule has 9 heteroatoms. The normalized spacial score (nSPS) is 22.9. The van der Waals surface area contributed by atoms with Gasteiger partial charge in [0.1, 0.15) is 0 Å². The van der Waals surface area contributed by atoms with Crippen molar-refractivity contribution in [3.8, 4) is 0 Å². The minimum Gasteiger partial charge on any atom is -0.340 e. The molecule has 2 aromatic carbocycles. The molecular formula is C26H31ClN6O2. The molecule has 3 aliphatic rings. The summed E-state index contributed by atoms with van der Waals surface area (Å²) in [5, 5.41) is 3.13. The monoisotopic (exact) mass is 494 g/mol. The molecule has 0 saturated carbocycles. The third-order valence-electron chi connectivity index (χ3n) is 7.13. The smallest absolute Gasteiger partial charge is 0.325 e. The SMILES string of the molecule is Cc1ccc(C)c(CN2CCN(C3=NC4C(C(=O)NC(=O)N4C)N3Cc3cccc(Cl)c3)CC2)c1. The van der Waals surface area contributed by atoms with Crippen molar-refractivity contribution >= 4 is 29.5 Å². The van der Waals surface area contributed by atoms with Crippen molar-refractivity contribution in [1.82, 2.24) is 24.9 Å². The number of nitrogens with zero attached hydrogens (tertiary/aromatic N) is 5. The number of piperazine rings is 1. The fourth-order valence-electron chi connectivity index (χ4n) is 5.09. The number of hydrogen-bond acceptors (Lipinski definition) is 6. The van der Waals surface area contributed by atoms with Gasteiger partial charge in [-0.25, -0.2) is 9.79 Å². The minimum absolute atomic E-state index is 0.313. The third kappa shape index (κ3) is 4.73. The number of carbonyl (C=O) groups excluding carboxylic acids is 2. The van der Waals surface area contributed by atoms with E-state index < -0.39 is 18.2 Å². The number of likely N-dealkylation sites (N-methyl/N-ethyl adjacent to an activating group) is 1. The number of rotatable bonds is 4. The van der Waals surface area contributed by atoms with E-state index in [4.69, 9.17) is 16.6 Å². The van der Waals surface area contributed by atoms with Crippen LogP contribution in [0.15, 0.2) is 47.5 Å². The van der Waals surface area contributed by atoms with Crippen LogP contribution in [-0.2, 0) is 17.9 Å². The lowest BCUT2D eigenvalue weighted by molar-refractivity contribution is -0.127. The van der Waals surface area contributed by atoms with Gasteiger partial charge in [-0.3, -0.25) is 15.0 Å². The Kier molecular flexibility index (Phi) is 6.42. The summed E-state index contributed by atoms with van der Waals surface area (Å²) in [5.41, 5.74) is 4.95. The molecule has 2 fully saturated rings. The standard InChI is InChI=1S/C26H31ClN6O2/c1-17-7-8-18(2)20(13-17)16-31-9-11-32(12-10-31)25-28-23-22(24(34)29-26(35)30(23)3)33(25)15-19-5-4-6-21(27)14-19/h4-8,13-14,22-23H,9-12,15-16H2,1-3H3,(H,29,34,35). The zero-order valence-electron chi connectivity index (χ0n) is 20.4. The average molecular weight is 495 g/mol. The Labute approximate surface area is 211 Å². The lowest BCUT2D eigenvalue weighted by Crippen LogP contribution is -2.64. The van der Waals surface area contributed by atoms with Crippen molar-refractivity contribution in [3.63, 3.8) is 0 Å². The van der Waals surface area contributed by atoms with Gasteiger partial charge >= 0.3 is 6.03 Å². The van der Waals surface area contributed by atoms with E-state index in [0.29, 0.717) is 11.6 Å². The van der Waals surface area contributed by atoms with E-state index >= 15 is 0 Å². The van der Waals surface area contributed by atoms with Crippen LogP contribution in [0.4, 0.5) is 4.79 Å². The Hall–Kier alpha value is -3.10. The molecule has 5 rings (SSSR count). The molecular weight excluding hydrogens is 464 g/mol. The lowest BCUT2D eigenvalue weighted by atomic mass is 10.0. The number of benzene rings is 2. The van der Waals surface area contributed by atoms with Crippen LogP contribution in [-0.4, -0.2) is 82.9 Å². The molecule has 2 unspecified atom stereocenters. The summed E-state index contributed by atoms with van der Waals surface area (Å²) in [7, 11) is 1.69. The molecule has 0 radical (unpaired) electrons. The largest absolute Gasteiger partial charge is 0.340 e. The highest BCUT2D eigenvalue weighted by Gasteiger charge is 2.49. The van der Waals surface area contributed by atoms with Gasteiger partial charge in [0.2, 0.25) is 0 Å². The van der Waals surface area contributed by atoms with E-state index in [1.807, 2.05) is 29.2 Å². The van der Waals surface area contributed by atoms with Gasteiger partial charge in [0, 0.05) is 51.3 Å². The summed E-state index contributed by atoms with van der Waals surface area (Å²) >= 11 is 6.23. The van der Waals surface area contributed by atoms with Crippen molar-refractivity contribution in [2.24, 2.45) is 4.99 Å². The summed E-state index contributed by atoms with van der Waals surface area (Å²) in [6.45, 7) is 9.09. The molecule has 2 aromatic rings. The zero-order valence-corrected chi connectivity index (χ0v) is 21.1. The van der Waals surface area contributed by atoms with Crippen LogP contribution in [0.1, 0.15) is 22.3 Å². The molecule has 0 spiro atoms. The second kappa shape index (κ2) is 9.51. The lowest BCUT2D eigenvalue weighted by Gasteiger charge is -2.40. The van der Waals surface area contributed by atoms with Gasteiger partial charge in [-0.15, -0.1) is 0 Å². The van der Waals surface area contributed by atoms with Crippen LogP contribution in [0.25, 0.3) is 0 Å². The summed E-state index contributed by atoms with van der Waals surface area (Å²) in [6, 6.07) is 13.3. The topological polar surface area (TPSA) is 71.5 Å². The van der Waals surface area contributed by atoms with Crippen LogP contribution in [0, 0.1) is 13.8 Å².